The average Bonchev–Trinajstić information content (AvgIpc) is 3.36. The van der Waals surface area contributed by atoms with Crippen LogP contribution in [0.15, 0.2) is 81.6 Å². The molecule has 0 N–H and O–H groups in total. The van der Waals surface area contributed by atoms with Crippen LogP contribution in [0, 0.1) is 0 Å². The molecule has 0 saturated carbocycles. The van der Waals surface area contributed by atoms with Gasteiger partial charge in [0, 0.05) is 39.5 Å². The van der Waals surface area contributed by atoms with Crippen molar-refractivity contribution in [3.8, 4) is 0 Å². The Morgan fingerprint density at radius 2 is 1.29 bits per heavy atom. The predicted molar refractivity (Wildman–Crippen MR) is 115 cm³/mol. The van der Waals surface area contributed by atoms with Crippen LogP contribution in [0.25, 0.3) is 65.7 Å². The molecule has 3 heterocycles. The molecule has 0 aliphatic carbocycles. The molecular formula is C25H15NO2. The summed E-state index contributed by atoms with van der Waals surface area (Å²) in [7, 11) is 2.11. The molecule has 3 aromatic heterocycles. The van der Waals surface area contributed by atoms with Crippen molar-refractivity contribution in [2.24, 2.45) is 7.05 Å². The Labute approximate surface area is 159 Å². The summed E-state index contributed by atoms with van der Waals surface area (Å²) in [5, 5.41) is 6.83. The number of furan rings is 2. The maximum Gasteiger partial charge on any atom is 0.145 e. The van der Waals surface area contributed by atoms with Gasteiger partial charge in [0.25, 0.3) is 0 Å². The zero-order chi connectivity index (χ0) is 18.4. The van der Waals surface area contributed by atoms with Gasteiger partial charge in [0.15, 0.2) is 0 Å². The van der Waals surface area contributed by atoms with Crippen molar-refractivity contribution >= 4 is 65.7 Å². The van der Waals surface area contributed by atoms with Gasteiger partial charge in [0.05, 0.1) is 10.9 Å². The molecule has 0 fully saturated rings. The Morgan fingerprint density at radius 3 is 2.18 bits per heavy atom. The standard InChI is InChI=1S/C25H15NO2/c1-26-19-8-4-2-7-16(19)24-20(26)11-10-15-18-13-22-17(12-23(18)28-25(15)24)14-6-3-5-9-21(14)27-22/h2-13H,1H3. The van der Waals surface area contributed by atoms with Crippen LogP contribution in [-0.2, 0) is 7.05 Å². The largest absolute Gasteiger partial charge is 0.456 e. The minimum Gasteiger partial charge on any atom is -0.456 e. The minimum absolute atomic E-state index is 0.898. The number of benzene rings is 4. The first-order valence-electron chi connectivity index (χ1n) is 9.43. The topological polar surface area (TPSA) is 31.2 Å². The van der Waals surface area contributed by atoms with Crippen molar-refractivity contribution < 1.29 is 8.83 Å². The van der Waals surface area contributed by atoms with Crippen LogP contribution in [0.3, 0.4) is 0 Å². The summed E-state index contributed by atoms with van der Waals surface area (Å²) in [4.78, 5) is 0. The first-order valence-corrected chi connectivity index (χ1v) is 9.43. The van der Waals surface area contributed by atoms with E-state index in [1.807, 2.05) is 18.2 Å². The van der Waals surface area contributed by atoms with Gasteiger partial charge in [-0.1, -0.05) is 36.4 Å². The lowest BCUT2D eigenvalue weighted by atomic mass is 10.1. The first kappa shape index (κ1) is 14.4. The summed E-state index contributed by atoms with van der Waals surface area (Å²) >= 11 is 0. The van der Waals surface area contributed by atoms with Crippen molar-refractivity contribution in [3.05, 3.63) is 72.8 Å². The van der Waals surface area contributed by atoms with E-state index in [0.717, 1.165) is 43.9 Å². The third kappa shape index (κ3) is 1.61. The van der Waals surface area contributed by atoms with E-state index in [9.17, 15) is 0 Å². The fraction of sp³-hybridized carbons (Fsp3) is 0.0400. The number of nitrogens with zero attached hydrogens (tertiary/aromatic N) is 1. The Morgan fingerprint density at radius 1 is 0.571 bits per heavy atom. The van der Waals surface area contributed by atoms with Crippen LogP contribution in [0.2, 0.25) is 0 Å². The lowest BCUT2D eigenvalue weighted by molar-refractivity contribution is 0.665. The van der Waals surface area contributed by atoms with E-state index in [-0.39, 0.29) is 0 Å². The molecule has 132 valence electrons. The lowest BCUT2D eigenvalue weighted by Gasteiger charge is -1.97. The molecule has 4 aromatic carbocycles. The molecule has 0 aliphatic rings. The minimum atomic E-state index is 0.898. The summed E-state index contributed by atoms with van der Waals surface area (Å²) in [5.74, 6) is 0. The number of aryl methyl sites for hydroxylation is 1. The van der Waals surface area contributed by atoms with Crippen molar-refractivity contribution in [3.63, 3.8) is 0 Å². The van der Waals surface area contributed by atoms with E-state index in [1.165, 1.54) is 21.8 Å². The molecule has 0 saturated heterocycles. The third-order valence-electron chi connectivity index (χ3n) is 6.01. The Bertz CT molecular complexity index is 1730. The second kappa shape index (κ2) is 4.76. The number of fused-ring (bicyclic) bond motifs is 10. The van der Waals surface area contributed by atoms with E-state index in [0.29, 0.717) is 0 Å². The normalized spacial score (nSPS) is 12.5. The second-order valence-electron chi connectivity index (χ2n) is 7.46. The van der Waals surface area contributed by atoms with E-state index in [2.05, 4.69) is 66.2 Å². The highest BCUT2D eigenvalue weighted by Gasteiger charge is 2.18. The zero-order valence-electron chi connectivity index (χ0n) is 15.2. The maximum atomic E-state index is 6.46. The fourth-order valence-electron chi connectivity index (χ4n) is 4.69. The molecule has 7 aromatic rings. The van der Waals surface area contributed by atoms with E-state index < -0.39 is 0 Å². The van der Waals surface area contributed by atoms with Crippen LogP contribution in [0.1, 0.15) is 0 Å². The quantitative estimate of drug-likeness (QED) is 0.288. The van der Waals surface area contributed by atoms with Crippen LogP contribution in [0.5, 0.6) is 0 Å². The molecule has 28 heavy (non-hydrogen) atoms. The van der Waals surface area contributed by atoms with Gasteiger partial charge in [-0.05, 0) is 36.4 Å². The van der Waals surface area contributed by atoms with Crippen molar-refractivity contribution in [2.75, 3.05) is 0 Å². The number of rotatable bonds is 0. The van der Waals surface area contributed by atoms with Gasteiger partial charge < -0.3 is 13.4 Å². The van der Waals surface area contributed by atoms with Gasteiger partial charge in [-0.3, -0.25) is 0 Å². The molecule has 7 rings (SSSR count). The van der Waals surface area contributed by atoms with Crippen LogP contribution in [0.4, 0.5) is 0 Å². The molecular weight excluding hydrogens is 346 g/mol. The van der Waals surface area contributed by atoms with Crippen LogP contribution in [-0.4, -0.2) is 4.57 Å². The molecule has 0 spiro atoms. The summed E-state index contributed by atoms with van der Waals surface area (Å²) in [5.41, 5.74) is 6.04. The van der Waals surface area contributed by atoms with E-state index in [4.69, 9.17) is 8.83 Å². The van der Waals surface area contributed by atoms with Gasteiger partial charge >= 0.3 is 0 Å². The lowest BCUT2D eigenvalue weighted by Crippen LogP contribution is -1.85. The van der Waals surface area contributed by atoms with E-state index >= 15 is 0 Å². The van der Waals surface area contributed by atoms with Crippen molar-refractivity contribution in [1.29, 1.82) is 0 Å². The summed E-state index contributed by atoms with van der Waals surface area (Å²) in [6.45, 7) is 0. The van der Waals surface area contributed by atoms with Gasteiger partial charge in [-0.25, -0.2) is 0 Å². The number of hydrogen-bond acceptors (Lipinski definition) is 2. The molecule has 0 aliphatic heterocycles. The van der Waals surface area contributed by atoms with E-state index in [1.54, 1.807) is 0 Å². The molecule has 0 amide bonds. The zero-order valence-corrected chi connectivity index (χ0v) is 15.2. The Kier molecular flexibility index (Phi) is 2.44. The predicted octanol–water partition coefficient (Wildman–Crippen LogP) is 7.13. The summed E-state index contributed by atoms with van der Waals surface area (Å²) in [6.07, 6.45) is 0. The highest BCUT2D eigenvalue weighted by molar-refractivity contribution is 6.24. The molecule has 0 radical (unpaired) electrons. The number of hydrogen-bond donors (Lipinski definition) is 0. The van der Waals surface area contributed by atoms with Crippen LogP contribution >= 0.6 is 0 Å². The average molecular weight is 361 g/mol. The third-order valence-corrected chi connectivity index (χ3v) is 6.01. The molecule has 0 bridgehead atoms. The second-order valence-corrected chi connectivity index (χ2v) is 7.46. The first-order chi connectivity index (χ1) is 13.8. The van der Waals surface area contributed by atoms with Gasteiger partial charge in [-0.2, -0.15) is 0 Å². The summed E-state index contributed by atoms with van der Waals surface area (Å²) < 4.78 is 14.8. The highest BCUT2D eigenvalue weighted by Crippen LogP contribution is 2.41. The Balaban J connectivity index is 1.71. The van der Waals surface area contributed by atoms with Gasteiger partial charge in [0.2, 0.25) is 0 Å². The smallest absolute Gasteiger partial charge is 0.145 e. The van der Waals surface area contributed by atoms with Crippen LogP contribution < -0.4 is 0 Å². The van der Waals surface area contributed by atoms with Gasteiger partial charge in [-0.15, -0.1) is 0 Å². The molecule has 3 nitrogen and oxygen atoms in total. The fourth-order valence-corrected chi connectivity index (χ4v) is 4.69. The molecule has 3 heteroatoms. The monoisotopic (exact) mass is 361 g/mol. The maximum absolute atomic E-state index is 6.46. The molecule has 0 unspecified atom stereocenters. The number of para-hydroxylation sites is 2. The summed E-state index contributed by atoms with van der Waals surface area (Å²) in [6, 6.07) is 25.2. The number of aromatic nitrogens is 1. The SMILES string of the molecule is Cn1c2ccccc2c2c3oc4cc5c(cc4c3ccc21)oc1ccccc15. The van der Waals surface area contributed by atoms with Crippen molar-refractivity contribution in [2.45, 2.75) is 0 Å². The Hall–Kier alpha value is -3.72. The molecule has 0 atom stereocenters. The highest BCUT2D eigenvalue weighted by atomic mass is 16.3. The van der Waals surface area contributed by atoms with Gasteiger partial charge in [0.1, 0.15) is 22.3 Å². The van der Waals surface area contributed by atoms with Crippen molar-refractivity contribution in [1.82, 2.24) is 4.57 Å².